The zero-order chi connectivity index (χ0) is 15.8. The third kappa shape index (κ3) is 5.13. The first-order chi connectivity index (χ1) is 10.7. The van der Waals surface area contributed by atoms with Gasteiger partial charge in [0.15, 0.2) is 6.04 Å². The molecule has 1 atom stereocenters. The molecule has 1 saturated heterocycles. The second-order valence-corrected chi connectivity index (χ2v) is 5.18. The average molecular weight is 307 g/mol. The van der Waals surface area contributed by atoms with E-state index in [2.05, 4.69) is 5.32 Å². The second kappa shape index (κ2) is 8.51. The number of carboxylic acids is 1. The monoisotopic (exact) mass is 307 g/mol. The molecule has 2 rings (SSSR count). The van der Waals surface area contributed by atoms with Gasteiger partial charge in [-0.3, -0.25) is 4.79 Å². The number of rotatable bonds is 7. The van der Waals surface area contributed by atoms with Crippen molar-refractivity contribution in [2.45, 2.75) is 31.4 Å². The van der Waals surface area contributed by atoms with E-state index in [9.17, 15) is 14.7 Å². The van der Waals surface area contributed by atoms with Crippen LogP contribution < -0.4 is 5.32 Å². The van der Waals surface area contributed by atoms with Crippen LogP contribution in [-0.2, 0) is 19.1 Å². The van der Waals surface area contributed by atoms with Crippen molar-refractivity contribution in [2.75, 3.05) is 19.8 Å². The molecule has 1 aromatic carbocycles. The first-order valence-electron chi connectivity index (χ1n) is 7.43. The molecule has 6 heteroatoms. The summed E-state index contributed by atoms with van der Waals surface area (Å²) < 4.78 is 10.8. The summed E-state index contributed by atoms with van der Waals surface area (Å²) >= 11 is 0. The molecule has 0 saturated carbocycles. The van der Waals surface area contributed by atoms with Gasteiger partial charge in [0, 0.05) is 13.2 Å². The van der Waals surface area contributed by atoms with Crippen LogP contribution >= 0.6 is 0 Å². The van der Waals surface area contributed by atoms with Crippen molar-refractivity contribution in [3.8, 4) is 0 Å². The summed E-state index contributed by atoms with van der Waals surface area (Å²) in [5.41, 5.74) is 0.550. The Kier molecular flexibility index (Phi) is 6.36. The summed E-state index contributed by atoms with van der Waals surface area (Å²) in [7, 11) is 0. The molecule has 6 nitrogen and oxygen atoms in total. The number of carbonyl (C=O) groups excluding carboxylic acids is 1. The average Bonchev–Trinajstić information content (AvgIpc) is 2.54. The number of carbonyl (C=O) groups is 2. The number of carboxylic acid groups (broad SMARTS) is 1. The van der Waals surface area contributed by atoms with Gasteiger partial charge in [-0.15, -0.1) is 0 Å². The fraction of sp³-hybridized carbons (Fsp3) is 0.500. The van der Waals surface area contributed by atoms with Gasteiger partial charge in [0.1, 0.15) is 0 Å². The topological polar surface area (TPSA) is 84.9 Å². The number of ether oxygens (including phenoxy) is 2. The lowest BCUT2D eigenvalue weighted by Gasteiger charge is -2.22. The molecule has 1 heterocycles. The highest BCUT2D eigenvalue weighted by Gasteiger charge is 2.22. The molecule has 1 fully saturated rings. The number of hydrogen-bond acceptors (Lipinski definition) is 4. The van der Waals surface area contributed by atoms with Crippen molar-refractivity contribution < 1.29 is 24.2 Å². The third-order valence-corrected chi connectivity index (χ3v) is 3.54. The van der Waals surface area contributed by atoms with E-state index >= 15 is 0 Å². The molecule has 1 aromatic rings. The predicted octanol–water partition coefficient (Wildman–Crippen LogP) is 1.51. The van der Waals surface area contributed by atoms with Crippen LogP contribution in [0.15, 0.2) is 30.3 Å². The van der Waals surface area contributed by atoms with E-state index in [-0.39, 0.29) is 25.0 Å². The molecule has 22 heavy (non-hydrogen) atoms. The summed E-state index contributed by atoms with van der Waals surface area (Å²) in [6, 6.07) is 7.61. The summed E-state index contributed by atoms with van der Waals surface area (Å²) in [6.45, 7) is 1.66. The minimum absolute atomic E-state index is 0.131. The van der Waals surface area contributed by atoms with Gasteiger partial charge in [-0.25, -0.2) is 4.79 Å². The van der Waals surface area contributed by atoms with Crippen LogP contribution in [0.1, 0.15) is 30.9 Å². The van der Waals surface area contributed by atoms with Crippen molar-refractivity contribution in [1.29, 1.82) is 0 Å². The minimum atomic E-state index is -1.08. The van der Waals surface area contributed by atoms with Crippen molar-refractivity contribution >= 4 is 11.9 Å². The van der Waals surface area contributed by atoms with E-state index in [4.69, 9.17) is 9.47 Å². The number of amides is 1. The van der Waals surface area contributed by atoms with Crippen LogP contribution in [0.25, 0.3) is 0 Å². The molecular formula is C16H21NO5. The normalized spacial score (nSPS) is 16.9. The Morgan fingerprint density at radius 1 is 1.27 bits per heavy atom. The zero-order valence-electron chi connectivity index (χ0n) is 12.4. The Bertz CT molecular complexity index is 485. The van der Waals surface area contributed by atoms with Crippen LogP contribution in [0, 0.1) is 0 Å². The number of aliphatic carboxylic acids is 1. The molecule has 0 radical (unpaired) electrons. The maximum atomic E-state index is 11.9. The van der Waals surface area contributed by atoms with Crippen LogP contribution in [0.2, 0.25) is 0 Å². The zero-order valence-corrected chi connectivity index (χ0v) is 12.4. The molecule has 0 aliphatic carbocycles. The highest BCUT2D eigenvalue weighted by molar-refractivity contribution is 5.84. The molecular weight excluding hydrogens is 286 g/mol. The Morgan fingerprint density at radius 3 is 2.59 bits per heavy atom. The van der Waals surface area contributed by atoms with E-state index in [0.717, 1.165) is 12.8 Å². The van der Waals surface area contributed by atoms with Gasteiger partial charge < -0.3 is 19.9 Å². The largest absolute Gasteiger partial charge is 0.479 e. The van der Waals surface area contributed by atoms with Gasteiger partial charge in [-0.05, 0) is 18.4 Å². The first-order valence-corrected chi connectivity index (χ1v) is 7.43. The molecule has 1 amide bonds. The Balaban J connectivity index is 1.77. The van der Waals surface area contributed by atoms with Crippen molar-refractivity contribution in [3.63, 3.8) is 0 Å². The van der Waals surface area contributed by atoms with Crippen LogP contribution in [-0.4, -0.2) is 42.9 Å². The maximum absolute atomic E-state index is 11.9. The minimum Gasteiger partial charge on any atom is -0.479 e. The number of nitrogens with one attached hydrogen (secondary N) is 1. The standard InChI is InChI=1S/C16H21NO5/c18-14(8-11-22-13-6-9-21-10-7-13)17-15(16(19)20)12-4-2-1-3-5-12/h1-5,13,15H,6-11H2,(H,17,18)(H,19,20)/t15-/m1/s1. The Hall–Kier alpha value is -1.92. The van der Waals surface area contributed by atoms with Gasteiger partial charge in [-0.2, -0.15) is 0 Å². The molecule has 0 spiro atoms. The van der Waals surface area contributed by atoms with Crippen LogP contribution in [0.5, 0.6) is 0 Å². The number of benzene rings is 1. The van der Waals surface area contributed by atoms with Gasteiger partial charge in [0.25, 0.3) is 0 Å². The maximum Gasteiger partial charge on any atom is 0.330 e. The van der Waals surface area contributed by atoms with Gasteiger partial charge in [0.2, 0.25) is 5.91 Å². The van der Waals surface area contributed by atoms with Crippen LogP contribution in [0.4, 0.5) is 0 Å². The third-order valence-electron chi connectivity index (χ3n) is 3.54. The van der Waals surface area contributed by atoms with Crippen molar-refractivity contribution in [2.24, 2.45) is 0 Å². The van der Waals surface area contributed by atoms with Crippen molar-refractivity contribution in [1.82, 2.24) is 5.32 Å². The molecule has 1 aliphatic heterocycles. The SMILES string of the molecule is O=C(CCOC1CCOCC1)N[C@@H](C(=O)O)c1ccccc1. The molecule has 0 bridgehead atoms. The Labute approximate surface area is 129 Å². The molecule has 0 aromatic heterocycles. The lowest BCUT2D eigenvalue weighted by molar-refractivity contribution is -0.142. The smallest absolute Gasteiger partial charge is 0.330 e. The van der Waals surface area contributed by atoms with E-state index in [1.807, 2.05) is 0 Å². The summed E-state index contributed by atoms with van der Waals surface area (Å²) in [6.07, 6.45) is 1.95. The lowest BCUT2D eigenvalue weighted by Crippen LogP contribution is -2.34. The quantitative estimate of drug-likeness (QED) is 0.797. The highest BCUT2D eigenvalue weighted by atomic mass is 16.5. The fourth-order valence-electron chi connectivity index (χ4n) is 2.33. The van der Waals surface area contributed by atoms with E-state index in [0.29, 0.717) is 18.8 Å². The van der Waals surface area contributed by atoms with Crippen molar-refractivity contribution in [3.05, 3.63) is 35.9 Å². The summed E-state index contributed by atoms with van der Waals surface area (Å²) in [5, 5.41) is 11.8. The van der Waals surface area contributed by atoms with E-state index in [1.165, 1.54) is 0 Å². The molecule has 1 aliphatic rings. The van der Waals surface area contributed by atoms with Gasteiger partial charge >= 0.3 is 5.97 Å². The lowest BCUT2D eigenvalue weighted by atomic mass is 10.1. The fourth-order valence-corrected chi connectivity index (χ4v) is 2.33. The number of hydrogen-bond donors (Lipinski definition) is 2. The van der Waals surface area contributed by atoms with E-state index in [1.54, 1.807) is 30.3 Å². The Morgan fingerprint density at radius 2 is 1.95 bits per heavy atom. The van der Waals surface area contributed by atoms with Crippen LogP contribution in [0.3, 0.4) is 0 Å². The molecule has 0 unspecified atom stereocenters. The van der Waals surface area contributed by atoms with Gasteiger partial charge in [0.05, 0.1) is 19.1 Å². The molecule has 2 N–H and O–H groups in total. The van der Waals surface area contributed by atoms with Gasteiger partial charge in [-0.1, -0.05) is 30.3 Å². The predicted molar refractivity (Wildman–Crippen MR) is 79.4 cm³/mol. The second-order valence-electron chi connectivity index (χ2n) is 5.18. The first kappa shape index (κ1) is 16.5. The molecule has 120 valence electrons. The van der Waals surface area contributed by atoms with E-state index < -0.39 is 12.0 Å². The summed E-state index contributed by atoms with van der Waals surface area (Å²) in [4.78, 5) is 23.2. The summed E-state index contributed by atoms with van der Waals surface area (Å²) in [5.74, 6) is -1.41. The highest BCUT2D eigenvalue weighted by Crippen LogP contribution is 2.13.